The third kappa shape index (κ3) is 5.14. The molecule has 1 aromatic rings. The van der Waals surface area contributed by atoms with E-state index in [-0.39, 0.29) is 0 Å². The average Bonchev–Trinajstić information content (AvgIpc) is 2.30. The monoisotopic (exact) mass is 225 g/mol. The highest BCUT2D eigenvalue weighted by Crippen LogP contribution is 2.06. The number of aromatic nitrogens is 2. The van der Waals surface area contributed by atoms with Crippen molar-refractivity contribution in [1.29, 1.82) is 0 Å². The third-order valence-electron chi connectivity index (χ3n) is 2.15. The Hall–Kier alpha value is -0.610. The van der Waals surface area contributed by atoms with Crippen molar-refractivity contribution in [3.05, 3.63) is 18.0 Å². The standard InChI is InChI=1S/C11H19N3S/c1-3-4-5-6-12-7-10-8-13-11(15-2)14-9-10/h8-9,12H,3-7H2,1-2H3. The second-order valence-electron chi connectivity index (χ2n) is 3.46. The summed E-state index contributed by atoms with van der Waals surface area (Å²) in [7, 11) is 0. The summed E-state index contributed by atoms with van der Waals surface area (Å²) in [4.78, 5) is 8.45. The molecule has 0 radical (unpaired) electrons. The highest BCUT2D eigenvalue weighted by Gasteiger charge is 1.95. The van der Waals surface area contributed by atoms with Crippen molar-refractivity contribution in [2.45, 2.75) is 37.9 Å². The Balaban J connectivity index is 2.20. The van der Waals surface area contributed by atoms with Crippen LogP contribution in [0, 0.1) is 0 Å². The quantitative estimate of drug-likeness (QED) is 0.439. The van der Waals surface area contributed by atoms with E-state index in [0.29, 0.717) is 0 Å². The van der Waals surface area contributed by atoms with Crippen molar-refractivity contribution in [3.63, 3.8) is 0 Å². The summed E-state index contributed by atoms with van der Waals surface area (Å²) in [5.74, 6) is 0. The van der Waals surface area contributed by atoms with E-state index in [1.807, 2.05) is 18.6 Å². The van der Waals surface area contributed by atoms with Crippen molar-refractivity contribution in [2.75, 3.05) is 12.8 Å². The lowest BCUT2D eigenvalue weighted by molar-refractivity contribution is 0.614. The van der Waals surface area contributed by atoms with E-state index < -0.39 is 0 Å². The molecule has 0 unspecified atom stereocenters. The Morgan fingerprint density at radius 1 is 1.27 bits per heavy atom. The van der Waals surface area contributed by atoms with Crippen LogP contribution < -0.4 is 5.32 Å². The van der Waals surface area contributed by atoms with E-state index >= 15 is 0 Å². The van der Waals surface area contributed by atoms with Crippen LogP contribution in [0.4, 0.5) is 0 Å². The summed E-state index contributed by atoms with van der Waals surface area (Å²) in [6.07, 6.45) is 9.59. The molecule has 0 saturated carbocycles. The molecule has 0 amide bonds. The molecule has 0 aliphatic carbocycles. The van der Waals surface area contributed by atoms with Gasteiger partial charge in [-0.1, -0.05) is 31.5 Å². The van der Waals surface area contributed by atoms with Gasteiger partial charge in [0, 0.05) is 24.5 Å². The first-order valence-electron chi connectivity index (χ1n) is 5.42. The normalized spacial score (nSPS) is 10.5. The first-order chi connectivity index (χ1) is 7.36. The van der Waals surface area contributed by atoms with E-state index in [1.165, 1.54) is 19.3 Å². The summed E-state index contributed by atoms with van der Waals surface area (Å²) < 4.78 is 0. The number of nitrogens with zero attached hydrogens (tertiary/aromatic N) is 2. The van der Waals surface area contributed by atoms with E-state index in [0.717, 1.165) is 23.8 Å². The second kappa shape index (κ2) is 7.65. The van der Waals surface area contributed by atoms with Crippen LogP contribution in [0.3, 0.4) is 0 Å². The van der Waals surface area contributed by atoms with Crippen molar-refractivity contribution in [1.82, 2.24) is 15.3 Å². The van der Waals surface area contributed by atoms with Crippen molar-refractivity contribution < 1.29 is 0 Å². The maximum absolute atomic E-state index is 4.22. The van der Waals surface area contributed by atoms with Crippen LogP contribution in [0.5, 0.6) is 0 Å². The maximum Gasteiger partial charge on any atom is 0.187 e. The van der Waals surface area contributed by atoms with Gasteiger partial charge < -0.3 is 5.32 Å². The second-order valence-corrected chi connectivity index (χ2v) is 4.24. The van der Waals surface area contributed by atoms with Crippen LogP contribution in [-0.2, 0) is 6.54 Å². The largest absolute Gasteiger partial charge is 0.313 e. The van der Waals surface area contributed by atoms with Crippen LogP contribution in [0.2, 0.25) is 0 Å². The van der Waals surface area contributed by atoms with Gasteiger partial charge in [-0.15, -0.1) is 0 Å². The van der Waals surface area contributed by atoms with Crippen LogP contribution >= 0.6 is 11.8 Å². The number of rotatable bonds is 7. The van der Waals surface area contributed by atoms with Gasteiger partial charge in [0.2, 0.25) is 0 Å². The molecule has 0 fully saturated rings. The molecule has 1 N–H and O–H groups in total. The predicted molar refractivity (Wildman–Crippen MR) is 65.0 cm³/mol. The lowest BCUT2D eigenvalue weighted by Crippen LogP contribution is -2.14. The van der Waals surface area contributed by atoms with E-state index in [4.69, 9.17) is 0 Å². The van der Waals surface area contributed by atoms with Gasteiger partial charge in [0.1, 0.15) is 0 Å². The molecule has 0 saturated heterocycles. The van der Waals surface area contributed by atoms with Crippen molar-refractivity contribution >= 4 is 11.8 Å². The summed E-state index contributed by atoms with van der Waals surface area (Å²) in [6.45, 7) is 4.17. The van der Waals surface area contributed by atoms with Crippen LogP contribution in [0.25, 0.3) is 0 Å². The minimum Gasteiger partial charge on any atom is -0.313 e. The van der Waals surface area contributed by atoms with Gasteiger partial charge in [-0.25, -0.2) is 9.97 Å². The molecule has 1 aromatic heterocycles. The Morgan fingerprint density at radius 3 is 2.60 bits per heavy atom. The zero-order valence-corrected chi connectivity index (χ0v) is 10.3. The number of hydrogen-bond donors (Lipinski definition) is 1. The van der Waals surface area contributed by atoms with Gasteiger partial charge in [0.05, 0.1) is 0 Å². The lowest BCUT2D eigenvalue weighted by Gasteiger charge is -2.03. The SMILES string of the molecule is CCCCCNCc1cnc(SC)nc1. The Kier molecular flexibility index (Phi) is 6.36. The summed E-state index contributed by atoms with van der Waals surface area (Å²) in [6, 6.07) is 0. The molecule has 15 heavy (non-hydrogen) atoms. The van der Waals surface area contributed by atoms with E-state index in [2.05, 4.69) is 22.2 Å². The van der Waals surface area contributed by atoms with Gasteiger partial charge in [-0.2, -0.15) is 0 Å². The van der Waals surface area contributed by atoms with E-state index in [1.54, 1.807) is 11.8 Å². The number of thioether (sulfide) groups is 1. The van der Waals surface area contributed by atoms with Crippen LogP contribution in [0.1, 0.15) is 31.7 Å². The fraction of sp³-hybridized carbons (Fsp3) is 0.636. The number of unbranched alkanes of at least 4 members (excludes halogenated alkanes) is 2. The first-order valence-corrected chi connectivity index (χ1v) is 6.65. The van der Waals surface area contributed by atoms with Gasteiger partial charge in [-0.3, -0.25) is 0 Å². The molecule has 0 spiro atoms. The van der Waals surface area contributed by atoms with Gasteiger partial charge >= 0.3 is 0 Å². The van der Waals surface area contributed by atoms with Gasteiger partial charge in [0.15, 0.2) is 5.16 Å². The molecule has 4 heteroatoms. The van der Waals surface area contributed by atoms with Gasteiger partial charge in [-0.05, 0) is 19.2 Å². The molecule has 0 aliphatic heterocycles. The van der Waals surface area contributed by atoms with E-state index in [9.17, 15) is 0 Å². The minimum absolute atomic E-state index is 0.838. The molecular formula is C11H19N3S. The smallest absolute Gasteiger partial charge is 0.187 e. The Morgan fingerprint density at radius 2 is 2.00 bits per heavy atom. The fourth-order valence-corrected chi connectivity index (χ4v) is 1.59. The summed E-state index contributed by atoms with van der Waals surface area (Å²) in [5.41, 5.74) is 1.16. The molecular weight excluding hydrogens is 206 g/mol. The maximum atomic E-state index is 4.22. The zero-order chi connectivity index (χ0) is 10.9. The lowest BCUT2D eigenvalue weighted by atomic mass is 10.2. The molecule has 0 aliphatic rings. The first kappa shape index (κ1) is 12.5. The molecule has 1 heterocycles. The Bertz CT molecular complexity index is 261. The van der Waals surface area contributed by atoms with Crippen molar-refractivity contribution in [2.24, 2.45) is 0 Å². The molecule has 84 valence electrons. The topological polar surface area (TPSA) is 37.8 Å². The van der Waals surface area contributed by atoms with Crippen LogP contribution in [-0.4, -0.2) is 22.8 Å². The highest BCUT2D eigenvalue weighted by molar-refractivity contribution is 7.98. The number of hydrogen-bond acceptors (Lipinski definition) is 4. The zero-order valence-electron chi connectivity index (χ0n) is 9.49. The van der Waals surface area contributed by atoms with Crippen LogP contribution in [0.15, 0.2) is 17.6 Å². The van der Waals surface area contributed by atoms with Gasteiger partial charge in [0.25, 0.3) is 0 Å². The van der Waals surface area contributed by atoms with Crippen molar-refractivity contribution in [3.8, 4) is 0 Å². The third-order valence-corrected chi connectivity index (χ3v) is 2.73. The molecule has 3 nitrogen and oxygen atoms in total. The highest BCUT2D eigenvalue weighted by atomic mass is 32.2. The minimum atomic E-state index is 0.838. The fourth-order valence-electron chi connectivity index (χ4n) is 1.27. The molecule has 1 rings (SSSR count). The molecule has 0 atom stereocenters. The molecule has 0 bridgehead atoms. The molecule has 0 aromatic carbocycles. The Labute approximate surface area is 96.1 Å². The summed E-state index contributed by atoms with van der Waals surface area (Å²) in [5, 5.41) is 4.22. The average molecular weight is 225 g/mol. The predicted octanol–water partition coefficient (Wildman–Crippen LogP) is 2.48. The number of nitrogens with one attached hydrogen (secondary N) is 1. The summed E-state index contributed by atoms with van der Waals surface area (Å²) >= 11 is 1.57.